The molecule has 0 amide bonds. The van der Waals surface area contributed by atoms with Crippen molar-refractivity contribution in [3.05, 3.63) is 42.2 Å². The molecular formula is C10H9F2N3. The Morgan fingerprint density at radius 2 is 1.93 bits per heavy atom. The molecule has 3 nitrogen and oxygen atoms in total. The van der Waals surface area contributed by atoms with Gasteiger partial charge in [0.1, 0.15) is 17.3 Å². The van der Waals surface area contributed by atoms with Crippen LogP contribution in [0.15, 0.2) is 30.6 Å². The zero-order valence-corrected chi connectivity index (χ0v) is 8.04. The van der Waals surface area contributed by atoms with Crippen molar-refractivity contribution in [2.45, 2.75) is 0 Å². The number of para-hydroxylation sites is 1. The van der Waals surface area contributed by atoms with Crippen LogP contribution in [0.3, 0.4) is 0 Å². The number of hydrogen-bond donors (Lipinski definition) is 1. The highest BCUT2D eigenvalue weighted by Gasteiger charge is 2.08. The van der Waals surface area contributed by atoms with Gasteiger partial charge in [0.25, 0.3) is 0 Å². The summed E-state index contributed by atoms with van der Waals surface area (Å²) < 4.78 is 28.0. The Morgan fingerprint density at radius 3 is 2.47 bits per heavy atom. The first-order valence-electron chi connectivity index (χ1n) is 4.36. The topological polar surface area (TPSA) is 29.9 Å². The maximum Gasteiger partial charge on any atom is 0.149 e. The summed E-state index contributed by atoms with van der Waals surface area (Å²) in [5, 5.41) is 6.51. The van der Waals surface area contributed by atoms with Crippen LogP contribution in [-0.4, -0.2) is 9.78 Å². The molecule has 0 atom stereocenters. The third-order valence-electron chi connectivity index (χ3n) is 1.94. The first-order chi connectivity index (χ1) is 7.16. The van der Waals surface area contributed by atoms with E-state index in [0.29, 0.717) is 5.69 Å². The summed E-state index contributed by atoms with van der Waals surface area (Å²) >= 11 is 0. The van der Waals surface area contributed by atoms with Crippen LogP contribution in [-0.2, 0) is 7.05 Å². The van der Waals surface area contributed by atoms with Gasteiger partial charge in [0, 0.05) is 13.2 Å². The molecule has 78 valence electrons. The fraction of sp³-hybridized carbons (Fsp3) is 0.100. The summed E-state index contributed by atoms with van der Waals surface area (Å²) in [5.74, 6) is -1.25. The minimum Gasteiger partial charge on any atom is -0.348 e. The largest absolute Gasteiger partial charge is 0.348 e. The first-order valence-corrected chi connectivity index (χ1v) is 4.36. The first kappa shape index (κ1) is 9.64. The number of aryl methyl sites for hydroxylation is 1. The van der Waals surface area contributed by atoms with Gasteiger partial charge in [0.05, 0.1) is 11.9 Å². The van der Waals surface area contributed by atoms with Crippen molar-refractivity contribution in [2.24, 2.45) is 7.05 Å². The van der Waals surface area contributed by atoms with Crippen molar-refractivity contribution in [3.63, 3.8) is 0 Å². The molecule has 0 spiro atoms. The summed E-state index contributed by atoms with van der Waals surface area (Å²) in [6.45, 7) is 0. The minimum atomic E-state index is -0.626. The lowest BCUT2D eigenvalue weighted by atomic mass is 10.3. The molecule has 5 heteroatoms. The molecule has 0 bridgehead atoms. The summed E-state index contributed by atoms with van der Waals surface area (Å²) in [6.07, 6.45) is 3.12. The molecule has 0 aliphatic rings. The van der Waals surface area contributed by atoms with E-state index in [1.54, 1.807) is 17.9 Å². The van der Waals surface area contributed by atoms with E-state index in [9.17, 15) is 8.78 Å². The van der Waals surface area contributed by atoms with Gasteiger partial charge in [-0.05, 0) is 12.1 Å². The molecule has 0 fully saturated rings. The van der Waals surface area contributed by atoms with Crippen LogP contribution in [0.4, 0.5) is 20.2 Å². The van der Waals surface area contributed by atoms with E-state index in [1.165, 1.54) is 24.4 Å². The van der Waals surface area contributed by atoms with Gasteiger partial charge in [-0.2, -0.15) is 5.10 Å². The lowest BCUT2D eigenvalue weighted by Crippen LogP contribution is -1.96. The number of anilines is 2. The van der Waals surface area contributed by atoms with E-state index in [2.05, 4.69) is 10.4 Å². The SMILES string of the molecule is Cn1cc(Nc2c(F)cccc2F)cn1. The molecule has 2 rings (SSSR count). The third kappa shape index (κ3) is 1.96. The van der Waals surface area contributed by atoms with Gasteiger partial charge in [0.15, 0.2) is 0 Å². The summed E-state index contributed by atoms with van der Waals surface area (Å²) in [6, 6.07) is 3.71. The highest BCUT2D eigenvalue weighted by molar-refractivity contribution is 5.59. The number of nitrogens with zero attached hydrogens (tertiary/aromatic N) is 2. The van der Waals surface area contributed by atoms with Crippen LogP contribution in [0.1, 0.15) is 0 Å². The van der Waals surface area contributed by atoms with Gasteiger partial charge in [0.2, 0.25) is 0 Å². The van der Waals surface area contributed by atoms with E-state index in [0.717, 1.165) is 0 Å². The van der Waals surface area contributed by atoms with Gasteiger partial charge in [-0.1, -0.05) is 6.07 Å². The normalized spacial score (nSPS) is 10.3. The number of hydrogen-bond acceptors (Lipinski definition) is 2. The van der Waals surface area contributed by atoms with Crippen molar-refractivity contribution in [2.75, 3.05) is 5.32 Å². The quantitative estimate of drug-likeness (QED) is 0.823. The standard InChI is InChI=1S/C10H9F2N3/c1-15-6-7(5-13-15)14-10-8(11)3-2-4-9(10)12/h2-6,14H,1H3. The molecule has 15 heavy (non-hydrogen) atoms. The van der Waals surface area contributed by atoms with Crippen LogP contribution in [0.5, 0.6) is 0 Å². The highest BCUT2D eigenvalue weighted by atomic mass is 19.1. The third-order valence-corrected chi connectivity index (χ3v) is 1.94. The van der Waals surface area contributed by atoms with Gasteiger partial charge in [-0.25, -0.2) is 8.78 Å². The molecule has 1 N–H and O–H groups in total. The van der Waals surface area contributed by atoms with Crippen molar-refractivity contribution in [1.29, 1.82) is 0 Å². The van der Waals surface area contributed by atoms with Crippen LogP contribution >= 0.6 is 0 Å². The Labute approximate surface area is 85.3 Å². The smallest absolute Gasteiger partial charge is 0.149 e. The molecule has 0 saturated carbocycles. The molecule has 2 aromatic rings. The summed E-state index contributed by atoms with van der Waals surface area (Å²) in [4.78, 5) is 0. The summed E-state index contributed by atoms with van der Waals surface area (Å²) in [5.41, 5.74) is 0.381. The molecular weight excluding hydrogens is 200 g/mol. The molecule has 0 unspecified atom stereocenters. The van der Waals surface area contributed by atoms with Gasteiger partial charge < -0.3 is 5.32 Å². The maximum atomic E-state index is 13.2. The minimum absolute atomic E-state index is 0.162. The van der Waals surface area contributed by atoms with E-state index < -0.39 is 11.6 Å². The molecule has 0 aliphatic heterocycles. The predicted molar refractivity (Wildman–Crippen MR) is 52.8 cm³/mol. The molecule has 0 aliphatic carbocycles. The predicted octanol–water partition coefficient (Wildman–Crippen LogP) is 2.44. The second-order valence-corrected chi connectivity index (χ2v) is 3.12. The van der Waals surface area contributed by atoms with Crippen LogP contribution in [0, 0.1) is 11.6 Å². The fourth-order valence-electron chi connectivity index (χ4n) is 1.25. The lowest BCUT2D eigenvalue weighted by Gasteiger charge is -2.05. The van der Waals surface area contributed by atoms with Gasteiger partial charge >= 0.3 is 0 Å². The maximum absolute atomic E-state index is 13.2. The van der Waals surface area contributed by atoms with Gasteiger partial charge in [-0.3, -0.25) is 4.68 Å². The average Bonchev–Trinajstić information content (AvgIpc) is 2.58. The Morgan fingerprint density at radius 1 is 1.27 bits per heavy atom. The number of halogens is 2. The van der Waals surface area contributed by atoms with E-state index in [-0.39, 0.29) is 5.69 Å². The number of rotatable bonds is 2. The second-order valence-electron chi connectivity index (χ2n) is 3.12. The molecule has 1 aromatic carbocycles. The summed E-state index contributed by atoms with van der Waals surface area (Å²) in [7, 11) is 1.73. The van der Waals surface area contributed by atoms with Crippen molar-refractivity contribution in [1.82, 2.24) is 9.78 Å². The number of nitrogens with one attached hydrogen (secondary N) is 1. The van der Waals surface area contributed by atoms with Crippen LogP contribution in [0.2, 0.25) is 0 Å². The Balaban J connectivity index is 2.31. The average molecular weight is 209 g/mol. The highest BCUT2D eigenvalue weighted by Crippen LogP contribution is 2.22. The Kier molecular flexibility index (Phi) is 2.37. The van der Waals surface area contributed by atoms with Crippen molar-refractivity contribution < 1.29 is 8.78 Å². The lowest BCUT2D eigenvalue weighted by molar-refractivity contribution is 0.591. The molecule has 0 radical (unpaired) electrons. The number of benzene rings is 1. The Hall–Kier alpha value is -1.91. The molecule has 0 saturated heterocycles. The number of aromatic nitrogens is 2. The van der Waals surface area contributed by atoms with E-state index in [4.69, 9.17) is 0 Å². The Bertz CT molecular complexity index is 459. The van der Waals surface area contributed by atoms with Crippen molar-refractivity contribution in [3.8, 4) is 0 Å². The zero-order chi connectivity index (χ0) is 10.8. The van der Waals surface area contributed by atoms with Gasteiger partial charge in [-0.15, -0.1) is 0 Å². The zero-order valence-electron chi connectivity index (χ0n) is 8.04. The fourth-order valence-corrected chi connectivity index (χ4v) is 1.25. The van der Waals surface area contributed by atoms with E-state index in [1.807, 2.05) is 0 Å². The molecule has 1 heterocycles. The van der Waals surface area contributed by atoms with Crippen LogP contribution < -0.4 is 5.32 Å². The van der Waals surface area contributed by atoms with Crippen molar-refractivity contribution >= 4 is 11.4 Å². The monoisotopic (exact) mass is 209 g/mol. The van der Waals surface area contributed by atoms with Crippen LogP contribution in [0.25, 0.3) is 0 Å². The molecule has 1 aromatic heterocycles. The van der Waals surface area contributed by atoms with E-state index >= 15 is 0 Å². The second kappa shape index (κ2) is 3.68.